The van der Waals surface area contributed by atoms with E-state index in [1.165, 1.54) is 6.42 Å². The zero-order chi connectivity index (χ0) is 18.2. The first-order valence-corrected chi connectivity index (χ1v) is 9.12. The molecule has 1 N–H and O–H groups in total. The number of nitrogens with zero attached hydrogens (tertiary/aromatic N) is 1. The number of piperidine rings is 1. The van der Waals surface area contributed by atoms with Gasteiger partial charge in [-0.2, -0.15) is 0 Å². The fourth-order valence-corrected chi connectivity index (χ4v) is 3.04. The van der Waals surface area contributed by atoms with E-state index in [9.17, 15) is 9.59 Å². The summed E-state index contributed by atoms with van der Waals surface area (Å²) in [5.74, 6) is 1.05. The minimum absolute atomic E-state index is 0.110. The Morgan fingerprint density at radius 3 is 2.38 bits per heavy atom. The molecule has 1 aliphatic heterocycles. The fraction of sp³-hybridized carbons (Fsp3) is 0.333. The van der Waals surface area contributed by atoms with Crippen LogP contribution < -0.4 is 10.1 Å². The Hall–Kier alpha value is -2.82. The summed E-state index contributed by atoms with van der Waals surface area (Å²) in [7, 11) is 0. The molecule has 0 bridgehead atoms. The Morgan fingerprint density at radius 1 is 0.923 bits per heavy atom. The highest BCUT2D eigenvalue weighted by Gasteiger charge is 2.17. The molecule has 0 radical (unpaired) electrons. The van der Waals surface area contributed by atoms with Crippen LogP contribution in [0.15, 0.2) is 54.6 Å². The van der Waals surface area contributed by atoms with Gasteiger partial charge < -0.3 is 15.0 Å². The van der Waals surface area contributed by atoms with Gasteiger partial charge in [-0.15, -0.1) is 0 Å². The van der Waals surface area contributed by atoms with Crippen LogP contribution in [0.4, 0.5) is 0 Å². The molecule has 5 heteroatoms. The summed E-state index contributed by atoms with van der Waals surface area (Å²) in [6, 6.07) is 16.5. The highest BCUT2D eigenvalue weighted by Crippen LogP contribution is 2.24. The molecule has 0 aliphatic carbocycles. The van der Waals surface area contributed by atoms with E-state index in [1.54, 1.807) is 18.2 Å². The van der Waals surface area contributed by atoms with Crippen LogP contribution >= 0.6 is 0 Å². The first kappa shape index (κ1) is 18.0. The van der Waals surface area contributed by atoms with Crippen LogP contribution in [0, 0.1) is 0 Å². The highest BCUT2D eigenvalue weighted by atomic mass is 16.5. The molecule has 0 unspecified atom stereocenters. The maximum absolute atomic E-state index is 12.5. The lowest BCUT2D eigenvalue weighted by Crippen LogP contribution is -2.37. The lowest BCUT2D eigenvalue weighted by atomic mass is 10.1. The molecular weight excluding hydrogens is 328 g/mol. The second-order valence-corrected chi connectivity index (χ2v) is 6.36. The van der Waals surface area contributed by atoms with Crippen LogP contribution in [0.2, 0.25) is 0 Å². The number of likely N-dealkylation sites (tertiary alicyclic amines) is 1. The molecule has 1 aliphatic rings. The standard InChI is InChI=1S/C21H24N2O3/c24-20(23-15-7-2-8-16-23)13-14-22-21(25)18-11-5-6-12-19(18)26-17-9-3-1-4-10-17/h1,3-6,9-12H,2,7-8,13-16H2,(H,22,25). The van der Waals surface area contributed by atoms with Crippen LogP contribution in [-0.4, -0.2) is 36.3 Å². The van der Waals surface area contributed by atoms with Gasteiger partial charge in [-0.3, -0.25) is 9.59 Å². The molecule has 0 atom stereocenters. The fourth-order valence-electron chi connectivity index (χ4n) is 3.04. The molecule has 1 heterocycles. The molecule has 1 saturated heterocycles. The lowest BCUT2D eigenvalue weighted by Gasteiger charge is -2.26. The van der Waals surface area contributed by atoms with Crippen molar-refractivity contribution < 1.29 is 14.3 Å². The van der Waals surface area contributed by atoms with Crippen molar-refractivity contribution in [1.29, 1.82) is 0 Å². The number of nitrogens with one attached hydrogen (secondary N) is 1. The van der Waals surface area contributed by atoms with Gasteiger partial charge in [0, 0.05) is 26.1 Å². The third kappa shape index (κ3) is 4.85. The van der Waals surface area contributed by atoms with Crippen molar-refractivity contribution in [2.24, 2.45) is 0 Å². The number of amides is 2. The van der Waals surface area contributed by atoms with Crippen LogP contribution in [0.25, 0.3) is 0 Å². The van der Waals surface area contributed by atoms with Gasteiger partial charge in [0.2, 0.25) is 5.91 Å². The highest BCUT2D eigenvalue weighted by molar-refractivity contribution is 5.97. The Bertz CT molecular complexity index is 740. The smallest absolute Gasteiger partial charge is 0.255 e. The number of rotatable bonds is 6. The Kier molecular flexibility index (Phi) is 6.25. The van der Waals surface area contributed by atoms with E-state index in [0.29, 0.717) is 30.0 Å². The molecule has 0 spiro atoms. The van der Waals surface area contributed by atoms with Crippen molar-refractivity contribution in [1.82, 2.24) is 10.2 Å². The lowest BCUT2D eigenvalue weighted by molar-refractivity contribution is -0.131. The van der Waals surface area contributed by atoms with Gasteiger partial charge in [0.1, 0.15) is 11.5 Å². The van der Waals surface area contributed by atoms with Crippen molar-refractivity contribution >= 4 is 11.8 Å². The van der Waals surface area contributed by atoms with Gasteiger partial charge >= 0.3 is 0 Å². The zero-order valence-electron chi connectivity index (χ0n) is 14.8. The molecular formula is C21H24N2O3. The van der Waals surface area contributed by atoms with Crippen molar-refractivity contribution in [2.45, 2.75) is 25.7 Å². The Morgan fingerprint density at radius 2 is 1.62 bits per heavy atom. The average Bonchev–Trinajstić information content (AvgIpc) is 2.69. The first-order chi connectivity index (χ1) is 12.7. The minimum atomic E-state index is -0.233. The van der Waals surface area contributed by atoms with Gasteiger partial charge in [0.25, 0.3) is 5.91 Å². The number of hydrogen-bond acceptors (Lipinski definition) is 3. The summed E-state index contributed by atoms with van der Waals surface area (Å²) in [5, 5.41) is 2.83. The topological polar surface area (TPSA) is 58.6 Å². The molecule has 2 aromatic carbocycles. The average molecular weight is 352 g/mol. The van der Waals surface area contributed by atoms with Crippen molar-refractivity contribution in [3.63, 3.8) is 0 Å². The number of carbonyl (C=O) groups excluding carboxylic acids is 2. The molecule has 5 nitrogen and oxygen atoms in total. The van der Waals surface area contributed by atoms with Crippen LogP contribution in [0.1, 0.15) is 36.0 Å². The van der Waals surface area contributed by atoms with Crippen molar-refractivity contribution in [2.75, 3.05) is 19.6 Å². The largest absolute Gasteiger partial charge is 0.457 e. The van der Waals surface area contributed by atoms with E-state index >= 15 is 0 Å². The van der Waals surface area contributed by atoms with E-state index < -0.39 is 0 Å². The summed E-state index contributed by atoms with van der Waals surface area (Å²) >= 11 is 0. The molecule has 1 fully saturated rings. The van der Waals surface area contributed by atoms with Crippen LogP contribution in [-0.2, 0) is 4.79 Å². The van der Waals surface area contributed by atoms with Gasteiger partial charge in [-0.05, 0) is 43.5 Å². The number of para-hydroxylation sites is 2. The molecule has 136 valence electrons. The Labute approximate surface area is 154 Å². The van der Waals surface area contributed by atoms with E-state index in [4.69, 9.17) is 4.74 Å². The second kappa shape index (κ2) is 9.04. The predicted octanol–water partition coefficient (Wildman–Crippen LogP) is 3.61. The monoisotopic (exact) mass is 352 g/mol. The quantitative estimate of drug-likeness (QED) is 0.864. The summed E-state index contributed by atoms with van der Waals surface area (Å²) in [6.45, 7) is 1.99. The van der Waals surface area contributed by atoms with E-state index in [2.05, 4.69) is 5.32 Å². The second-order valence-electron chi connectivity index (χ2n) is 6.36. The van der Waals surface area contributed by atoms with E-state index in [1.807, 2.05) is 41.3 Å². The number of carbonyl (C=O) groups is 2. The molecule has 3 rings (SSSR count). The maximum Gasteiger partial charge on any atom is 0.255 e. The molecule has 2 aromatic rings. The van der Waals surface area contributed by atoms with Crippen LogP contribution in [0.3, 0.4) is 0 Å². The SMILES string of the molecule is O=C(NCCC(=O)N1CCCCC1)c1ccccc1Oc1ccccc1. The van der Waals surface area contributed by atoms with Crippen molar-refractivity contribution in [3.8, 4) is 11.5 Å². The van der Waals surface area contributed by atoms with E-state index in [0.717, 1.165) is 25.9 Å². The number of benzene rings is 2. The summed E-state index contributed by atoms with van der Waals surface area (Å²) < 4.78 is 5.82. The third-order valence-corrected chi connectivity index (χ3v) is 4.44. The molecule has 0 saturated carbocycles. The van der Waals surface area contributed by atoms with Crippen LogP contribution in [0.5, 0.6) is 11.5 Å². The molecule has 2 amide bonds. The van der Waals surface area contributed by atoms with Gasteiger partial charge in [0.15, 0.2) is 0 Å². The summed E-state index contributed by atoms with van der Waals surface area (Å²) in [4.78, 5) is 26.6. The normalized spacial score (nSPS) is 13.9. The predicted molar refractivity (Wildman–Crippen MR) is 100 cm³/mol. The summed E-state index contributed by atoms with van der Waals surface area (Å²) in [5.41, 5.74) is 0.460. The molecule has 0 aromatic heterocycles. The van der Waals surface area contributed by atoms with Gasteiger partial charge in [0.05, 0.1) is 5.56 Å². The number of ether oxygens (including phenoxy) is 1. The maximum atomic E-state index is 12.5. The zero-order valence-corrected chi connectivity index (χ0v) is 14.8. The van der Waals surface area contributed by atoms with Gasteiger partial charge in [-0.25, -0.2) is 0 Å². The Balaban J connectivity index is 1.55. The molecule has 26 heavy (non-hydrogen) atoms. The minimum Gasteiger partial charge on any atom is -0.457 e. The number of hydrogen-bond donors (Lipinski definition) is 1. The third-order valence-electron chi connectivity index (χ3n) is 4.44. The van der Waals surface area contributed by atoms with Crippen molar-refractivity contribution in [3.05, 3.63) is 60.2 Å². The van der Waals surface area contributed by atoms with Gasteiger partial charge in [-0.1, -0.05) is 30.3 Å². The summed E-state index contributed by atoms with van der Waals surface area (Å²) in [6.07, 6.45) is 3.66. The van der Waals surface area contributed by atoms with E-state index in [-0.39, 0.29) is 11.8 Å². The first-order valence-electron chi connectivity index (χ1n) is 9.12.